The van der Waals surface area contributed by atoms with E-state index in [9.17, 15) is 4.79 Å². The van der Waals surface area contributed by atoms with E-state index in [0.29, 0.717) is 17.9 Å². The molecule has 0 N–H and O–H groups in total. The summed E-state index contributed by atoms with van der Waals surface area (Å²) in [5, 5.41) is 0. The third-order valence-corrected chi connectivity index (χ3v) is 5.32. The number of pyridine rings is 1. The highest BCUT2D eigenvalue weighted by atomic mass is 79.9. The van der Waals surface area contributed by atoms with Crippen LogP contribution >= 0.6 is 27.3 Å². The number of hydrogen-bond donors (Lipinski definition) is 0. The fraction of sp³-hybridized carbons (Fsp3) is 0.118. The molecule has 0 amide bonds. The molecule has 120 valence electrons. The second-order valence-corrected chi connectivity index (χ2v) is 7.29. The van der Waals surface area contributed by atoms with E-state index in [4.69, 9.17) is 0 Å². The molecule has 1 aromatic carbocycles. The Morgan fingerprint density at radius 2 is 2.04 bits per heavy atom. The molecule has 5 nitrogen and oxygen atoms in total. The first-order chi connectivity index (χ1) is 11.7. The van der Waals surface area contributed by atoms with Crippen molar-refractivity contribution in [3.8, 4) is 0 Å². The number of thiazole rings is 1. The van der Waals surface area contributed by atoms with Gasteiger partial charge in [-0.1, -0.05) is 33.3 Å². The van der Waals surface area contributed by atoms with Crippen LogP contribution < -0.4 is 19.8 Å². The molecule has 0 fully saturated rings. The topological polar surface area (TPSA) is 50.5 Å². The van der Waals surface area contributed by atoms with Gasteiger partial charge in [0.25, 0.3) is 5.56 Å². The zero-order valence-corrected chi connectivity index (χ0v) is 15.0. The molecule has 24 heavy (non-hydrogen) atoms. The maximum Gasteiger partial charge on any atom is 0.271 e. The summed E-state index contributed by atoms with van der Waals surface area (Å²) in [5.41, 5.74) is 1.95. The van der Waals surface area contributed by atoms with E-state index in [1.807, 2.05) is 42.5 Å². The highest BCUT2D eigenvalue weighted by Crippen LogP contribution is 2.19. The first-order valence-corrected chi connectivity index (χ1v) is 8.98. The minimum absolute atomic E-state index is 0.00980. The fourth-order valence-electron chi connectivity index (χ4n) is 2.54. The van der Waals surface area contributed by atoms with Crippen molar-refractivity contribution in [2.75, 3.05) is 11.6 Å². The van der Waals surface area contributed by atoms with Crippen LogP contribution in [0.25, 0.3) is 6.08 Å². The van der Waals surface area contributed by atoms with Gasteiger partial charge in [0.15, 0.2) is 4.80 Å². The Bertz CT molecular complexity index is 1040. The molecule has 4 rings (SSSR count). The van der Waals surface area contributed by atoms with Gasteiger partial charge in [0.1, 0.15) is 13.3 Å². The minimum atomic E-state index is -0.00980. The largest absolute Gasteiger partial charge is 0.334 e. The van der Waals surface area contributed by atoms with Gasteiger partial charge in [-0.2, -0.15) is 0 Å². The number of aromatic nitrogens is 2. The van der Waals surface area contributed by atoms with Crippen LogP contribution in [0, 0.1) is 0 Å². The second kappa shape index (κ2) is 6.33. The number of rotatable bonds is 2. The van der Waals surface area contributed by atoms with E-state index in [0.717, 1.165) is 20.5 Å². The van der Waals surface area contributed by atoms with Gasteiger partial charge < -0.3 is 4.90 Å². The average molecular weight is 401 g/mol. The van der Waals surface area contributed by atoms with Crippen LogP contribution in [0.15, 0.2) is 63.1 Å². The lowest BCUT2D eigenvalue weighted by atomic mass is 10.3. The summed E-state index contributed by atoms with van der Waals surface area (Å²) in [6.07, 6.45) is 5.33. The molecule has 2 aromatic heterocycles. The van der Waals surface area contributed by atoms with E-state index in [2.05, 4.69) is 30.8 Å². The van der Waals surface area contributed by atoms with Gasteiger partial charge >= 0.3 is 0 Å². The van der Waals surface area contributed by atoms with Crippen LogP contribution in [0.3, 0.4) is 0 Å². The Kier molecular flexibility index (Phi) is 4.03. The smallest absolute Gasteiger partial charge is 0.271 e. The molecule has 3 heterocycles. The van der Waals surface area contributed by atoms with E-state index in [1.54, 1.807) is 17.0 Å². The monoisotopic (exact) mass is 400 g/mol. The molecule has 0 spiro atoms. The number of nitrogens with zero attached hydrogens (tertiary/aromatic N) is 4. The van der Waals surface area contributed by atoms with E-state index in [-0.39, 0.29) is 5.56 Å². The molecule has 1 aliphatic heterocycles. The molecule has 1 aliphatic rings. The van der Waals surface area contributed by atoms with Crippen molar-refractivity contribution in [2.24, 2.45) is 4.99 Å². The lowest BCUT2D eigenvalue weighted by Gasteiger charge is -2.25. The predicted molar refractivity (Wildman–Crippen MR) is 98.7 cm³/mol. The highest BCUT2D eigenvalue weighted by molar-refractivity contribution is 9.10. The molecule has 0 saturated carbocycles. The number of fused-ring (bicyclic) bond motifs is 1. The van der Waals surface area contributed by atoms with Crippen LogP contribution in [0.2, 0.25) is 0 Å². The Labute approximate surface area is 150 Å². The van der Waals surface area contributed by atoms with Crippen LogP contribution in [0.5, 0.6) is 0 Å². The molecule has 0 radical (unpaired) electrons. The Morgan fingerprint density at radius 3 is 2.79 bits per heavy atom. The SMILES string of the molecule is O=c1c(=Cc2cccnc2)sc2n1CN(c1ccc(Br)cc1)CN=2. The van der Waals surface area contributed by atoms with Crippen LogP contribution in [-0.2, 0) is 6.67 Å². The maximum atomic E-state index is 12.7. The molecule has 0 saturated heterocycles. The van der Waals surface area contributed by atoms with Gasteiger partial charge in [0.05, 0.1) is 4.53 Å². The van der Waals surface area contributed by atoms with Crippen LogP contribution in [0.1, 0.15) is 5.56 Å². The number of benzene rings is 1. The van der Waals surface area contributed by atoms with Crippen LogP contribution in [0.4, 0.5) is 5.69 Å². The zero-order chi connectivity index (χ0) is 16.5. The van der Waals surface area contributed by atoms with Gasteiger partial charge in [0.2, 0.25) is 0 Å². The Hall–Kier alpha value is -2.25. The minimum Gasteiger partial charge on any atom is -0.334 e. The van der Waals surface area contributed by atoms with E-state index < -0.39 is 0 Å². The molecule has 0 unspecified atom stereocenters. The van der Waals surface area contributed by atoms with Crippen molar-refractivity contribution in [3.05, 3.63) is 78.5 Å². The van der Waals surface area contributed by atoms with Crippen molar-refractivity contribution >= 4 is 39.0 Å². The van der Waals surface area contributed by atoms with Gasteiger partial charge in [0, 0.05) is 22.6 Å². The Balaban J connectivity index is 1.71. The Morgan fingerprint density at radius 1 is 1.21 bits per heavy atom. The van der Waals surface area contributed by atoms with Crippen molar-refractivity contribution in [3.63, 3.8) is 0 Å². The fourth-order valence-corrected chi connectivity index (χ4v) is 3.77. The molecule has 0 bridgehead atoms. The van der Waals surface area contributed by atoms with Crippen molar-refractivity contribution < 1.29 is 0 Å². The van der Waals surface area contributed by atoms with Crippen molar-refractivity contribution in [2.45, 2.75) is 6.67 Å². The van der Waals surface area contributed by atoms with Gasteiger partial charge in [-0.15, -0.1) is 0 Å². The van der Waals surface area contributed by atoms with Gasteiger partial charge in [-0.25, -0.2) is 4.99 Å². The summed E-state index contributed by atoms with van der Waals surface area (Å²) < 4.78 is 3.43. The zero-order valence-electron chi connectivity index (χ0n) is 12.6. The number of halogens is 1. The summed E-state index contributed by atoms with van der Waals surface area (Å²) in [6.45, 7) is 1.06. The van der Waals surface area contributed by atoms with Crippen LogP contribution in [-0.4, -0.2) is 16.2 Å². The molecule has 3 aromatic rings. The van der Waals surface area contributed by atoms with E-state index >= 15 is 0 Å². The number of hydrogen-bond acceptors (Lipinski definition) is 5. The summed E-state index contributed by atoms with van der Waals surface area (Å²) in [4.78, 5) is 24.2. The number of anilines is 1. The van der Waals surface area contributed by atoms with Crippen molar-refractivity contribution in [1.29, 1.82) is 0 Å². The molecular formula is C17H13BrN4OS. The van der Waals surface area contributed by atoms with Gasteiger partial charge in [-0.05, 0) is 42.0 Å². The third-order valence-electron chi connectivity index (χ3n) is 3.75. The summed E-state index contributed by atoms with van der Waals surface area (Å²) in [5.74, 6) is 0. The third kappa shape index (κ3) is 2.92. The summed E-state index contributed by atoms with van der Waals surface area (Å²) in [7, 11) is 0. The second-order valence-electron chi connectivity index (χ2n) is 5.37. The lowest BCUT2D eigenvalue weighted by Crippen LogP contribution is -2.42. The molecule has 0 atom stereocenters. The van der Waals surface area contributed by atoms with Crippen molar-refractivity contribution in [1.82, 2.24) is 9.55 Å². The average Bonchev–Trinajstić information content (AvgIpc) is 2.92. The predicted octanol–water partition coefficient (Wildman–Crippen LogP) is 1.95. The molecular weight excluding hydrogens is 388 g/mol. The van der Waals surface area contributed by atoms with E-state index in [1.165, 1.54) is 11.3 Å². The standard InChI is InChI=1S/C17H13BrN4OS/c18-13-3-5-14(6-4-13)21-10-20-17-22(11-21)16(23)15(24-17)8-12-2-1-7-19-9-12/h1-9H,10-11H2. The summed E-state index contributed by atoms with van der Waals surface area (Å²) in [6, 6.07) is 11.8. The maximum absolute atomic E-state index is 12.7. The highest BCUT2D eigenvalue weighted by Gasteiger charge is 2.15. The first-order valence-electron chi connectivity index (χ1n) is 7.37. The molecule has 7 heteroatoms. The van der Waals surface area contributed by atoms with Gasteiger partial charge in [-0.3, -0.25) is 14.3 Å². The first kappa shape index (κ1) is 15.3. The lowest BCUT2D eigenvalue weighted by molar-refractivity contribution is 0.569. The quantitative estimate of drug-likeness (QED) is 0.660. The summed E-state index contributed by atoms with van der Waals surface area (Å²) >= 11 is 4.86. The normalized spacial score (nSPS) is 14.4. The molecule has 0 aliphatic carbocycles.